The van der Waals surface area contributed by atoms with Gasteiger partial charge in [-0.2, -0.15) is 0 Å². The van der Waals surface area contributed by atoms with Gasteiger partial charge in [0, 0.05) is 10.5 Å². The Balaban J connectivity index is 1.80. The Hall–Kier alpha value is -2.67. The fraction of sp³-hybridized carbons (Fsp3) is 0.111. The van der Waals surface area contributed by atoms with E-state index in [0.717, 1.165) is 10.0 Å². The van der Waals surface area contributed by atoms with Gasteiger partial charge in [-0.25, -0.2) is 4.39 Å². The van der Waals surface area contributed by atoms with Crippen LogP contribution in [0.15, 0.2) is 59.1 Å². The molecule has 0 saturated heterocycles. The lowest BCUT2D eigenvalue weighted by molar-refractivity contribution is -0.131. The highest BCUT2D eigenvalue weighted by atomic mass is 79.9. The number of hydrogen-bond donors (Lipinski definition) is 2. The Morgan fingerprint density at radius 1 is 1.16 bits per heavy atom. The summed E-state index contributed by atoms with van der Waals surface area (Å²) in [5, 5.41) is 0. The van der Waals surface area contributed by atoms with Gasteiger partial charge in [-0.3, -0.25) is 20.4 Å². The Morgan fingerprint density at radius 3 is 2.56 bits per heavy atom. The number of nitrogens with one attached hydrogen (secondary N) is 2. The van der Waals surface area contributed by atoms with Crippen molar-refractivity contribution in [1.29, 1.82) is 0 Å². The third-order valence-electron chi connectivity index (χ3n) is 3.08. The number of halogens is 2. The van der Waals surface area contributed by atoms with Crippen molar-refractivity contribution in [1.82, 2.24) is 10.9 Å². The van der Waals surface area contributed by atoms with E-state index in [1.165, 1.54) is 37.3 Å². The molecule has 0 aliphatic rings. The lowest BCUT2D eigenvalue weighted by Gasteiger charge is -2.14. The number of carbonyl (C=O) groups excluding carboxylic acids is 2. The minimum absolute atomic E-state index is 0.352. The molecule has 0 bridgehead atoms. The third-order valence-corrected chi connectivity index (χ3v) is 3.57. The van der Waals surface area contributed by atoms with Crippen LogP contribution in [0.25, 0.3) is 6.08 Å². The van der Waals surface area contributed by atoms with Crippen LogP contribution in [-0.2, 0) is 9.59 Å². The predicted molar refractivity (Wildman–Crippen MR) is 96.0 cm³/mol. The molecule has 25 heavy (non-hydrogen) atoms. The summed E-state index contributed by atoms with van der Waals surface area (Å²) in [5.41, 5.74) is 5.37. The van der Waals surface area contributed by atoms with Crippen molar-refractivity contribution >= 4 is 33.8 Å². The summed E-state index contributed by atoms with van der Waals surface area (Å²) in [6.45, 7) is 1.52. The average molecular weight is 407 g/mol. The smallest absolute Gasteiger partial charge is 0.279 e. The molecule has 0 aromatic heterocycles. The van der Waals surface area contributed by atoms with Crippen LogP contribution < -0.4 is 15.6 Å². The largest absolute Gasteiger partial charge is 0.481 e. The van der Waals surface area contributed by atoms with Crippen molar-refractivity contribution in [2.24, 2.45) is 0 Å². The number of rotatable bonds is 5. The Morgan fingerprint density at radius 2 is 1.88 bits per heavy atom. The van der Waals surface area contributed by atoms with Gasteiger partial charge < -0.3 is 4.74 Å². The summed E-state index contributed by atoms with van der Waals surface area (Å²) in [6, 6.07) is 12.7. The van der Waals surface area contributed by atoms with Gasteiger partial charge >= 0.3 is 0 Å². The molecule has 2 N–H and O–H groups in total. The molecule has 2 aromatic rings. The molecule has 0 aliphatic carbocycles. The van der Waals surface area contributed by atoms with E-state index in [-0.39, 0.29) is 0 Å². The highest BCUT2D eigenvalue weighted by Crippen LogP contribution is 2.13. The van der Waals surface area contributed by atoms with E-state index in [1.807, 2.05) is 24.3 Å². The van der Waals surface area contributed by atoms with Crippen LogP contribution in [0.3, 0.4) is 0 Å². The SMILES string of the molecule is C[C@H](Oc1ccc(F)cc1)C(=O)NNC(=O)/C=C/c1cccc(Br)c1. The number of hydrazine groups is 1. The molecule has 0 saturated carbocycles. The van der Waals surface area contributed by atoms with E-state index >= 15 is 0 Å². The second-order valence-corrected chi connectivity index (χ2v) is 6.00. The fourth-order valence-electron chi connectivity index (χ4n) is 1.82. The zero-order valence-corrected chi connectivity index (χ0v) is 14.9. The van der Waals surface area contributed by atoms with Gasteiger partial charge in [-0.15, -0.1) is 0 Å². The van der Waals surface area contributed by atoms with Gasteiger partial charge in [-0.05, 0) is 55.0 Å². The molecule has 0 heterocycles. The first kappa shape index (κ1) is 18.7. The topological polar surface area (TPSA) is 67.4 Å². The summed E-state index contributed by atoms with van der Waals surface area (Å²) >= 11 is 3.34. The molecule has 7 heteroatoms. The maximum absolute atomic E-state index is 12.8. The molecule has 0 radical (unpaired) electrons. The van der Waals surface area contributed by atoms with Crippen molar-refractivity contribution in [3.8, 4) is 5.75 Å². The monoisotopic (exact) mass is 406 g/mol. The van der Waals surface area contributed by atoms with Gasteiger partial charge in [0.15, 0.2) is 6.10 Å². The minimum Gasteiger partial charge on any atom is -0.481 e. The summed E-state index contributed by atoms with van der Waals surface area (Å²) in [4.78, 5) is 23.6. The quantitative estimate of drug-likeness (QED) is 0.591. The van der Waals surface area contributed by atoms with Crippen LogP contribution in [-0.4, -0.2) is 17.9 Å². The Bertz CT molecular complexity index is 778. The number of hydrogen-bond acceptors (Lipinski definition) is 3. The lowest BCUT2D eigenvalue weighted by Crippen LogP contribution is -2.46. The van der Waals surface area contributed by atoms with E-state index in [4.69, 9.17) is 4.74 Å². The highest BCUT2D eigenvalue weighted by molar-refractivity contribution is 9.10. The van der Waals surface area contributed by atoms with Gasteiger partial charge in [0.1, 0.15) is 11.6 Å². The van der Waals surface area contributed by atoms with E-state index in [1.54, 1.807) is 6.08 Å². The van der Waals surface area contributed by atoms with Crippen molar-refractivity contribution in [2.45, 2.75) is 13.0 Å². The van der Waals surface area contributed by atoms with Crippen LogP contribution in [0.5, 0.6) is 5.75 Å². The van der Waals surface area contributed by atoms with E-state index in [2.05, 4.69) is 26.8 Å². The summed E-state index contributed by atoms with van der Waals surface area (Å²) in [6.07, 6.45) is 2.05. The third kappa shape index (κ3) is 6.39. The van der Waals surface area contributed by atoms with Crippen LogP contribution in [0, 0.1) is 5.82 Å². The molecule has 2 rings (SSSR count). The van der Waals surface area contributed by atoms with Gasteiger partial charge in [0.25, 0.3) is 11.8 Å². The van der Waals surface area contributed by atoms with Crippen molar-refractivity contribution in [2.75, 3.05) is 0 Å². The number of amides is 2. The molecule has 1 atom stereocenters. The summed E-state index contributed by atoms with van der Waals surface area (Å²) in [7, 11) is 0. The van der Waals surface area contributed by atoms with Crippen LogP contribution in [0.1, 0.15) is 12.5 Å². The zero-order valence-electron chi connectivity index (χ0n) is 13.3. The average Bonchev–Trinajstić information content (AvgIpc) is 2.60. The molecular weight excluding hydrogens is 391 g/mol. The number of ether oxygens (including phenoxy) is 1. The van der Waals surface area contributed by atoms with Crippen molar-refractivity contribution in [3.63, 3.8) is 0 Å². The molecule has 0 fully saturated rings. The van der Waals surface area contributed by atoms with E-state index in [9.17, 15) is 14.0 Å². The van der Waals surface area contributed by atoms with Crippen molar-refractivity contribution in [3.05, 3.63) is 70.5 Å². The van der Waals surface area contributed by atoms with E-state index in [0.29, 0.717) is 5.75 Å². The lowest BCUT2D eigenvalue weighted by atomic mass is 10.2. The second-order valence-electron chi connectivity index (χ2n) is 5.08. The fourth-order valence-corrected chi connectivity index (χ4v) is 2.24. The van der Waals surface area contributed by atoms with Crippen molar-refractivity contribution < 1.29 is 18.7 Å². The van der Waals surface area contributed by atoms with Gasteiger partial charge in [0.2, 0.25) is 0 Å². The second kappa shape index (κ2) is 8.98. The standard InChI is InChI=1S/C18H16BrFN2O3/c1-12(25-16-8-6-15(20)7-9-16)18(24)22-21-17(23)10-5-13-3-2-4-14(19)11-13/h2-12H,1H3,(H,21,23)(H,22,24)/b10-5+/t12-/m0/s1. The first-order valence-electron chi connectivity index (χ1n) is 7.40. The molecular formula is C18H16BrFN2O3. The minimum atomic E-state index is -0.861. The van der Waals surface area contributed by atoms with Gasteiger partial charge in [0.05, 0.1) is 0 Å². The molecule has 2 aromatic carbocycles. The Kier molecular flexibility index (Phi) is 6.71. The predicted octanol–water partition coefficient (Wildman–Crippen LogP) is 3.22. The zero-order chi connectivity index (χ0) is 18.2. The highest BCUT2D eigenvalue weighted by Gasteiger charge is 2.14. The van der Waals surface area contributed by atoms with Gasteiger partial charge in [-0.1, -0.05) is 28.1 Å². The molecule has 2 amide bonds. The molecule has 0 unspecified atom stereocenters. The first-order valence-corrected chi connectivity index (χ1v) is 8.19. The normalized spacial score (nSPS) is 11.8. The maximum Gasteiger partial charge on any atom is 0.279 e. The first-order chi connectivity index (χ1) is 11.9. The maximum atomic E-state index is 12.8. The number of benzene rings is 2. The van der Waals surface area contributed by atoms with Crippen LogP contribution >= 0.6 is 15.9 Å². The Labute approximate surface area is 153 Å². The summed E-state index contributed by atoms with van der Waals surface area (Å²) in [5.74, 6) is -1.06. The molecule has 5 nitrogen and oxygen atoms in total. The number of carbonyl (C=O) groups is 2. The summed E-state index contributed by atoms with van der Waals surface area (Å²) < 4.78 is 19.1. The molecule has 0 spiro atoms. The van der Waals surface area contributed by atoms with Crippen LogP contribution in [0.4, 0.5) is 4.39 Å². The molecule has 0 aliphatic heterocycles. The van der Waals surface area contributed by atoms with Crippen LogP contribution in [0.2, 0.25) is 0 Å². The molecule has 130 valence electrons. The van der Waals surface area contributed by atoms with E-state index < -0.39 is 23.7 Å².